The van der Waals surface area contributed by atoms with Gasteiger partial charge in [-0.15, -0.1) is 0 Å². The Hall–Kier alpha value is -2.92. The summed E-state index contributed by atoms with van der Waals surface area (Å²) in [5.41, 5.74) is 4.99. The quantitative estimate of drug-likeness (QED) is 0.717. The summed E-state index contributed by atoms with van der Waals surface area (Å²) >= 11 is 0. The number of aryl methyl sites for hydroxylation is 2. The van der Waals surface area contributed by atoms with Crippen molar-refractivity contribution in [2.75, 3.05) is 11.9 Å². The van der Waals surface area contributed by atoms with Gasteiger partial charge in [0, 0.05) is 11.6 Å². The lowest BCUT2D eigenvalue weighted by atomic mass is 10.1. The molecule has 0 saturated heterocycles. The van der Waals surface area contributed by atoms with Crippen molar-refractivity contribution in [3.05, 3.63) is 71.3 Å². The summed E-state index contributed by atoms with van der Waals surface area (Å²) in [4.78, 5) is 12.5. The van der Waals surface area contributed by atoms with Crippen molar-refractivity contribution in [1.29, 1.82) is 0 Å². The van der Waals surface area contributed by atoms with Gasteiger partial charge in [-0.2, -0.15) is 5.10 Å². The molecule has 1 heterocycles. The molecule has 0 bridgehead atoms. The molecule has 26 heavy (non-hydrogen) atoms. The smallest absolute Gasteiger partial charge is 0.229 e. The molecule has 0 fully saturated rings. The summed E-state index contributed by atoms with van der Waals surface area (Å²) in [6, 6.07) is 17.7. The molecule has 134 valence electrons. The number of rotatable bonds is 6. The Labute approximate surface area is 153 Å². The van der Waals surface area contributed by atoms with Gasteiger partial charge in [0.05, 0.1) is 25.3 Å². The van der Waals surface area contributed by atoms with Gasteiger partial charge < -0.3 is 10.4 Å². The molecule has 0 saturated carbocycles. The van der Waals surface area contributed by atoms with E-state index in [9.17, 15) is 9.90 Å². The molecule has 0 unspecified atom stereocenters. The summed E-state index contributed by atoms with van der Waals surface area (Å²) < 4.78 is 1.64. The number of hydrogen-bond acceptors (Lipinski definition) is 3. The highest BCUT2D eigenvalue weighted by molar-refractivity contribution is 5.92. The zero-order chi connectivity index (χ0) is 18.5. The zero-order valence-electron chi connectivity index (χ0n) is 15.1. The molecule has 0 aliphatic carbocycles. The fourth-order valence-corrected chi connectivity index (χ4v) is 2.94. The van der Waals surface area contributed by atoms with Crippen molar-refractivity contribution in [3.63, 3.8) is 0 Å². The van der Waals surface area contributed by atoms with Crippen LogP contribution in [0.5, 0.6) is 0 Å². The minimum absolute atomic E-state index is 0.0461. The second-order valence-corrected chi connectivity index (χ2v) is 6.33. The van der Waals surface area contributed by atoms with Gasteiger partial charge in [-0.25, -0.2) is 4.68 Å². The van der Waals surface area contributed by atoms with Crippen LogP contribution in [-0.4, -0.2) is 27.4 Å². The topological polar surface area (TPSA) is 67.2 Å². The Morgan fingerprint density at radius 3 is 2.46 bits per heavy atom. The third-order valence-corrected chi connectivity index (χ3v) is 4.39. The fraction of sp³-hybridized carbons (Fsp3) is 0.238. The number of amides is 1. The largest absolute Gasteiger partial charge is 0.394 e. The van der Waals surface area contributed by atoms with Gasteiger partial charge in [0.15, 0.2) is 0 Å². The highest BCUT2D eigenvalue weighted by atomic mass is 16.3. The van der Waals surface area contributed by atoms with Crippen LogP contribution in [0.2, 0.25) is 0 Å². The third-order valence-electron chi connectivity index (χ3n) is 4.39. The van der Waals surface area contributed by atoms with Crippen LogP contribution >= 0.6 is 0 Å². The predicted molar refractivity (Wildman–Crippen MR) is 103 cm³/mol. The number of aliphatic hydroxyl groups is 1. The Kier molecular flexibility index (Phi) is 5.49. The lowest BCUT2D eigenvalue weighted by Gasteiger charge is -2.09. The van der Waals surface area contributed by atoms with Gasteiger partial charge in [0.1, 0.15) is 5.82 Å². The van der Waals surface area contributed by atoms with Crippen LogP contribution in [0.25, 0.3) is 11.3 Å². The maximum atomic E-state index is 12.5. The van der Waals surface area contributed by atoms with Crippen molar-refractivity contribution >= 4 is 11.7 Å². The molecule has 0 spiro atoms. The van der Waals surface area contributed by atoms with Gasteiger partial charge >= 0.3 is 0 Å². The molecule has 5 nitrogen and oxygen atoms in total. The van der Waals surface area contributed by atoms with Crippen LogP contribution in [0.4, 0.5) is 5.82 Å². The van der Waals surface area contributed by atoms with Gasteiger partial charge in [0.25, 0.3) is 0 Å². The van der Waals surface area contributed by atoms with Crippen molar-refractivity contribution in [3.8, 4) is 11.3 Å². The number of carbonyl (C=O) groups excluding carboxylic acids is 1. The second-order valence-electron chi connectivity index (χ2n) is 6.33. The van der Waals surface area contributed by atoms with Gasteiger partial charge in [-0.3, -0.25) is 4.79 Å². The normalized spacial score (nSPS) is 10.7. The average molecular weight is 349 g/mol. The molecule has 1 aromatic heterocycles. The third kappa shape index (κ3) is 4.00. The summed E-state index contributed by atoms with van der Waals surface area (Å²) in [5, 5.41) is 16.8. The van der Waals surface area contributed by atoms with Gasteiger partial charge in [-0.1, -0.05) is 48.5 Å². The summed E-state index contributed by atoms with van der Waals surface area (Å²) in [6.07, 6.45) is 0.302. The monoisotopic (exact) mass is 349 g/mol. The van der Waals surface area contributed by atoms with E-state index < -0.39 is 0 Å². The summed E-state index contributed by atoms with van der Waals surface area (Å²) in [5.74, 6) is 0.491. The molecular formula is C21H23N3O2. The number of nitrogens with one attached hydrogen (secondary N) is 1. The highest BCUT2D eigenvalue weighted by Gasteiger charge is 2.14. The lowest BCUT2D eigenvalue weighted by Crippen LogP contribution is -2.18. The van der Waals surface area contributed by atoms with E-state index in [2.05, 4.69) is 10.4 Å². The lowest BCUT2D eigenvalue weighted by molar-refractivity contribution is -0.115. The maximum absolute atomic E-state index is 12.5. The molecule has 0 aliphatic heterocycles. The molecule has 0 radical (unpaired) electrons. The summed E-state index contributed by atoms with van der Waals surface area (Å²) in [7, 11) is 0. The van der Waals surface area contributed by atoms with E-state index in [4.69, 9.17) is 0 Å². The predicted octanol–water partition coefficient (Wildman–Crippen LogP) is 3.34. The molecule has 0 atom stereocenters. The van der Waals surface area contributed by atoms with E-state index in [1.165, 1.54) is 0 Å². The standard InChI is InChI=1S/C21H23N3O2/c1-15-7-3-5-9-17(15)13-21(26)22-20-14-19(23-24(20)11-12-25)18-10-6-4-8-16(18)2/h3-10,14,25H,11-13H2,1-2H3,(H,22,26). The number of benzene rings is 2. The maximum Gasteiger partial charge on any atom is 0.229 e. The number of hydrogen-bond donors (Lipinski definition) is 2. The number of aliphatic hydroxyl groups excluding tert-OH is 1. The van der Waals surface area contributed by atoms with Crippen molar-refractivity contribution < 1.29 is 9.90 Å². The highest BCUT2D eigenvalue weighted by Crippen LogP contribution is 2.25. The van der Waals surface area contributed by atoms with E-state index in [0.29, 0.717) is 18.8 Å². The minimum Gasteiger partial charge on any atom is -0.394 e. The fourth-order valence-electron chi connectivity index (χ4n) is 2.94. The van der Waals surface area contributed by atoms with Crippen LogP contribution in [-0.2, 0) is 17.8 Å². The molecule has 2 aromatic carbocycles. The van der Waals surface area contributed by atoms with E-state index >= 15 is 0 Å². The zero-order valence-corrected chi connectivity index (χ0v) is 15.1. The molecule has 1 amide bonds. The first-order valence-corrected chi connectivity index (χ1v) is 8.67. The van der Waals surface area contributed by atoms with Crippen LogP contribution in [0.1, 0.15) is 16.7 Å². The van der Waals surface area contributed by atoms with E-state index in [-0.39, 0.29) is 12.5 Å². The molecule has 5 heteroatoms. The van der Waals surface area contributed by atoms with Crippen molar-refractivity contribution in [2.24, 2.45) is 0 Å². The minimum atomic E-state index is -0.102. The number of aromatic nitrogens is 2. The van der Waals surface area contributed by atoms with E-state index in [1.54, 1.807) is 4.68 Å². The first-order valence-electron chi connectivity index (χ1n) is 8.67. The summed E-state index contributed by atoms with van der Waals surface area (Å²) in [6.45, 7) is 4.30. The first-order chi connectivity index (χ1) is 12.6. The number of carbonyl (C=O) groups is 1. The van der Waals surface area contributed by atoms with Crippen molar-refractivity contribution in [1.82, 2.24) is 9.78 Å². The van der Waals surface area contributed by atoms with Gasteiger partial charge in [-0.05, 0) is 30.5 Å². The Bertz CT molecular complexity index is 915. The molecule has 2 N–H and O–H groups in total. The van der Waals surface area contributed by atoms with E-state index in [0.717, 1.165) is 27.9 Å². The number of nitrogens with zero attached hydrogens (tertiary/aromatic N) is 2. The molecular weight excluding hydrogens is 326 g/mol. The van der Waals surface area contributed by atoms with Gasteiger partial charge in [0.2, 0.25) is 5.91 Å². The Morgan fingerprint density at radius 2 is 1.77 bits per heavy atom. The SMILES string of the molecule is Cc1ccccc1CC(=O)Nc1cc(-c2ccccc2C)nn1CCO. The molecule has 3 rings (SSSR count). The Morgan fingerprint density at radius 1 is 1.08 bits per heavy atom. The Balaban J connectivity index is 1.83. The van der Waals surface area contributed by atoms with Crippen LogP contribution in [0, 0.1) is 13.8 Å². The van der Waals surface area contributed by atoms with Crippen molar-refractivity contribution in [2.45, 2.75) is 26.8 Å². The first kappa shape index (κ1) is 17.9. The second kappa shape index (κ2) is 7.97. The van der Waals surface area contributed by atoms with Crippen LogP contribution < -0.4 is 5.32 Å². The van der Waals surface area contributed by atoms with Crippen LogP contribution in [0.15, 0.2) is 54.6 Å². The van der Waals surface area contributed by atoms with E-state index in [1.807, 2.05) is 68.4 Å². The average Bonchev–Trinajstić information content (AvgIpc) is 3.00. The van der Waals surface area contributed by atoms with Crippen LogP contribution in [0.3, 0.4) is 0 Å². The number of anilines is 1. The molecule has 0 aliphatic rings. The molecule has 3 aromatic rings.